The minimum Gasteiger partial charge on any atom is -0.496 e. The van der Waals surface area contributed by atoms with Gasteiger partial charge in [-0.15, -0.1) is 0 Å². The molecule has 1 aliphatic rings. The Kier molecular flexibility index (Phi) is 3.75. The molecule has 1 aliphatic carbocycles. The number of benzene rings is 1. The van der Waals surface area contributed by atoms with Crippen molar-refractivity contribution in [2.45, 2.75) is 19.4 Å². The molecule has 0 bridgehead atoms. The molecule has 1 aromatic rings. The van der Waals surface area contributed by atoms with Gasteiger partial charge >= 0.3 is 0 Å². The van der Waals surface area contributed by atoms with Gasteiger partial charge in [0.15, 0.2) is 0 Å². The summed E-state index contributed by atoms with van der Waals surface area (Å²) in [6, 6.07) is 7.66. The third-order valence-corrected chi connectivity index (χ3v) is 3.97. The van der Waals surface area contributed by atoms with Crippen LogP contribution in [-0.4, -0.2) is 30.0 Å². The van der Waals surface area contributed by atoms with Crippen molar-refractivity contribution in [3.63, 3.8) is 0 Å². The van der Waals surface area contributed by atoms with Crippen molar-refractivity contribution in [1.82, 2.24) is 4.90 Å². The van der Waals surface area contributed by atoms with Crippen LogP contribution in [0, 0.1) is 5.41 Å². The molecule has 1 amide bonds. The third-order valence-electron chi connectivity index (χ3n) is 3.58. The summed E-state index contributed by atoms with van der Waals surface area (Å²) in [5.74, 6) is 0.785. The molecule has 0 spiro atoms. The molecule has 2 N–H and O–H groups in total. The van der Waals surface area contributed by atoms with E-state index in [1.807, 2.05) is 24.3 Å². The van der Waals surface area contributed by atoms with Crippen LogP contribution < -0.4 is 10.5 Å². The number of methoxy groups -OCH3 is 1. The molecule has 0 aromatic heterocycles. The maximum Gasteiger partial charge on any atom is 0.235 e. The van der Waals surface area contributed by atoms with Crippen LogP contribution in [0.15, 0.2) is 24.3 Å². The van der Waals surface area contributed by atoms with E-state index in [1.54, 1.807) is 19.1 Å². The first-order valence-electron chi connectivity index (χ1n) is 6.18. The van der Waals surface area contributed by atoms with Crippen LogP contribution in [0.25, 0.3) is 0 Å². The maximum absolute atomic E-state index is 12.4. The van der Waals surface area contributed by atoms with Crippen molar-refractivity contribution in [2.24, 2.45) is 11.1 Å². The minimum absolute atomic E-state index is 0.00547. The number of amides is 1. The highest BCUT2D eigenvalue weighted by Gasteiger charge is 2.53. The third kappa shape index (κ3) is 2.56. The number of carbonyl (C=O) groups excluding carboxylic acids is 1. The second kappa shape index (κ2) is 5.17. The van der Waals surface area contributed by atoms with Gasteiger partial charge in [-0.25, -0.2) is 0 Å². The summed E-state index contributed by atoms with van der Waals surface area (Å²) in [5.41, 5.74) is 6.06. The summed E-state index contributed by atoms with van der Waals surface area (Å²) in [6.07, 6.45) is 1.52. The predicted molar refractivity (Wildman–Crippen MR) is 77.9 cm³/mol. The maximum atomic E-state index is 12.4. The lowest BCUT2D eigenvalue weighted by Gasteiger charge is -2.23. The van der Waals surface area contributed by atoms with E-state index in [0.717, 1.165) is 24.2 Å². The van der Waals surface area contributed by atoms with Crippen molar-refractivity contribution < 1.29 is 9.53 Å². The van der Waals surface area contributed by atoms with Crippen LogP contribution in [0.4, 0.5) is 0 Å². The molecule has 1 saturated carbocycles. The number of nitrogens with two attached hydrogens (primary N) is 1. The lowest BCUT2D eigenvalue weighted by molar-refractivity contribution is -0.133. The molecule has 0 unspecified atom stereocenters. The molecule has 1 fully saturated rings. The van der Waals surface area contributed by atoms with Gasteiger partial charge in [0, 0.05) is 19.2 Å². The molecule has 4 nitrogen and oxygen atoms in total. The molecule has 0 radical (unpaired) electrons. The normalized spacial score (nSPS) is 15.7. The van der Waals surface area contributed by atoms with E-state index >= 15 is 0 Å². The molecule has 0 atom stereocenters. The predicted octanol–water partition coefficient (Wildman–Crippen LogP) is 1.72. The van der Waals surface area contributed by atoms with Crippen LogP contribution in [-0.2, 0) is 11.3 Å². The first-order chi connectivity index (χ1) is 9.01. The summed E-state index contributed by atoms with van der Waals surface area (Å²) in [4.78, 5) is 14.4. The Morgan fingerprint density at radius 2 is 2.11 bits per heavy atom. The number of thiocarbonyl (C=S) groups is 1. The van der Waals surface area contributed by atoms with Gasteiger partial charge in [0.25, 0.3) is 0 Å². The van der Waals surface area contributed by atoms with Gasteiger partial charge in [0.05, 0.1) is 17.5 Å². The molecule has 1 aromatic carbocycles. The summed E-state index contributed by atoms with van der Waals surface area (Å²) < 4.78 is 5.29. The van der Waals surface area contributed by atoms with E-state index < -0.39 is 5.41 Å². The van der Waals surface area contributed by atoms with E-state index in [1.165, 1.54) is 0 Å². The number of ether oxygens (including phenoxy) is 1. The first-order valence-corrected chi connectivity index (χ1v) is 6.59. The van der Waals surface area contributed by atoms with E-state index in [0.29, 0.717) is 11.5 Å². The quantitative estimate of drug-likeness (QED) is 0.833. The van der Waals surface area contributed by atoms with E-state index in [-0.39, 0.29) is 5.91 Å². The molecule has 19 heavy (non-hydrogen) atoms. The van der Waals surface area contributed by atoms with Gasteiger partial charge in [-0.3, -0.25) is 4.79 Å². The van der Waals surface area contributed by atoms with Crippen LogP contribution in [0.5, 0.6) is 5.75 Å². The average Bonchev–Trinajstić information content (AvgIpc) is 3.20. The molecule has 0 saturated heterocycles. The Morgan fingerprint density at radius 3 is 2.63 bits per heavy atom. The lowest BCUT2D eigenvalue weighted by atomic mass is 10.1. The van der Waals surface area contributed by atoms with Gasteiger partial charge in [0.2, 0.25) is 5.91 Å². The van der Waals surface area contributed by atoms with E-state index in [2.05, 4.69) is 0 Å². The zero-order valence-electron chi connectivity index (χ0n) is 11.2. The zero-order chi connectivity index (χ0) is 14.0. The number of hydrogen-bond donors (Lipinski definition) is 1. The Labute approximate surface area is 118 Å². The van der Waals surface area contributed by atoms with Crippen molar-refractivity contribution in [2.75, 3.05) is 14.2 Å². The fourth-order valence-corrected chi connectivity index (χ4v) is 2.51. The fraction of sp³-hybridized carbons (Fsp3) is 0.429. The lowest BCUT2D eigenvalue weighted by Crippen LogP contribution is -2.40. The number of nitrogens with zero attached hydrogens (tertiary/aromatic N) is 1. The Morgan fingerprint density at radius 1 is 1.47 bits per heavy atom. The topological polar surface area (TPSA) is 55.6 Å². The number of carbonyl (C=O) groups is 1. The number of para-hydroxylation sites is 1. The standard InChI is InChI=1S/C14H18N2O2S/c1-16(13(17)14(7-8-14)12(15)19)9-10-5-3-4-6-11(10)18-2/h3-6H,7-9H2,1-2H3,(H2,15,19). The molecular weight excluding hydrogens is 260 g/mol. The van der Waals surface area contributed by atoms with Crippen molar-refractivity contribution in [1.29, 1.82) is 0 Å². The van der Waals surface area contributed by atoms with Crippen LogP contribution in [0.2, 0.25) is 0 Å². The highest BCUT2D eigenvalue weighted by atomic mass is 32.1. The van der Waals surface area contributed by atoms with Crippen molar-refractivity contribution >= 4 is 23.1 Å². The molecule has 2 rings (SSSR count). The van der Waals surface area contributed by atoms with Crippen molar-refractivity contribution in [3.8, 4) is 5.75 Å². The average molecular weight is 278 g/mol. The molecule has 102 valence electrons. The van der Waals surface area contributed by atoms with Gasteiger partial charge in [-0.1, -0.05) is 30.4 Å². The summed E-state index contributed by atoms with van der Waals surface area (Å²) in [5, 5.41) is 0. The molecule has 5 heteroatoms. The largest absolute Gasteiger partial charge is 0.496 e. The Bertz CT molecular complexity index is 512. The zero-order valence-corrected chi connectivity index (χ0v) is 12.0. The van der Waals surface area contributed by atoms with Crippen molar-refractivity contribution in [3.05, 3.63) is 29.8 Å². The second-order valence-corrected chi connectivity index (χ2v) is 5.36. The van der Waals surface area contributed by atoms with Gasteiger partial charge in [0.1, 0.15) is 5.75 Å². The SMILES string of the molecule is COc1ccccc1CN(C)C(=O)C1(C(N)=S)CC1. The second-order valence-electron chi connectivity index (χ2n) is 4.92. The summed E-state index contributed by atoms with van der Waals surface area (Å²) in [6.45, 7) is 0.493. The molecular formula is C14H18N2O2S. The fourth-order valence-electron chi connectivity index (χ4n) is 2.22. The van der Waals surface area contributed by atoms with Crippen LogP contribution >= 0.6 is 12.2 Å². The van der Waals surface area contributed by atoms with Gasteiger partial charge in [-0.2, -0.15) is 0 Å². The molecule has 0 heterocycles. The molecule has 0 aliphatic heterocycles. The highest BCUT2D eigenvalue weighted by molar-refractivity contribution is 7.80. The number of rotatable bonds is 5. The Hall–Kier alpha value is -1.62. The van der Waals surface area contributed by atoms with E-state index in [4.69, 9.17) is 22.7 Å². The summed E-state index contributed by atoms with van der Waals surface area (Å²) >= 11 is 5.01. The minimum atomic E-state index is -0.591. The summed E-state index contributed by atoms with van der Waals surface area (Å²) in [7, 11) is 3.39. The van der Waals surface area contributed by atoms with E-state index in [9.17, 15) is 4.79 Å². The van der Waals surface area contributed by atoms with Crippen LogP contribution in [0.1, 0.15) is 18.4 Å². The monoisotopic (exact) mass is 278 g/mol. The highest BCUT2D eigenvalue weighted by Crippen LogP contribution is 2.47. The number of hydrogen-bond acceptors (Lipinski definition) is 3. The van der Waals surface area contributed by atoms with Crippen LogP contribution in [0.3, 0.4) is 0 Å². The van der Waals surface area contributed by atoms with Gasteiger partial charge in [-0.05, 0) is 18.9 Å². The Balaban J connectivity index is 2.11. The first kappa shape index (κ1) is 13.8. The smallest absolute Gasteiger partial charge is 0.235 e. The van der Waals surface area contributed by atoms with Gasteiger partial charge < -0.3 is 15.4 Å².